The van der Waals surface area contributed by atoms with Crippen molar-refractivity contribution in [2.45, 2.75) is 46.2 Å². The van der Waals surface area contributed by atoms with Crippen molar-refractivity contribution in [3.63, 3.8) is 0 Å². The summed E-state index contributed by atoms with van der Waals surface area (Å²) >= 11 is 0. The first kappa shape index (κ1) is 14.9. The Labute approximate surface area is 121 Å². The van der Waals surface area contributed by atoms with E-state index in [1.54, 1.807) is 6.20 Å². The van der Waals surface area contributed by atoms with Gasteiger partial charge in [0.1, 0.15) is 17.7 Å². The Hall–Kier alpha value is -1.49. The molecule has 4 N–H and O–H groups in total. The van der Waals surface area contributed by atoms with Crippen LogP contribution < -0.4 is 11.1 Å². The number of rotatable bonds is 6. The van der Waals surface area contributed by atoms with Crippen molar-refractivity contribution in [1.29, 1.82) is 0 Å². The molecule has 0 saturated carbocycles. The summed E-state index contributed by atoms with van der Waals surface area (Å²) in [6, 6.07) is 0. The number of hydrogen-bond donors (Lipinski definition) is 3. The van der Waals surface area contributed by atoms with Crippen LogP contribution in [-0.4, -0.2) is 28.6 Å². The molecule has 20 heavy (non-hydrogen) atoms. The van der Waals surface area contributed by atoms with Gasteiger partial charge >= 0.3 is 0 Å². The van der Waals surface area contributed by atoms with E-state index in [4.69, 9.17) is 5.73 Å². The maximum Gasteiger partial charge on any atom is 0.149 e. The third-order valence-electron chi connectivity index (χ3n) is 4.37. The molecule has 5 heteroatoms. The number of fused-ring (bicyclic) bond motifs is 1. The Bertz CT molecular complexity index is 437. The average Bonchev–Trinajstić information content (AvgIpc) is 2.78. The van der Waals surface area contributed by atoms with Gasteiger partial charge in [0.25, 0.3) is 0 Å². The molecule has 2 aliphatic heterocycles. The first-order valence-electron chi connectivity index (χ1n) is 7.45. The second-order valence-electron chi connectivity index (χ2n) is 5.79. The lowest BCUT2D eigenvalue weighted by atomic mass is 9.93. The lowest BCUT2D eigenvalue weighted by Crippen LogP contribution is -2.42. The Balaban J connectivity index is 1.98. The monoisotopic (exact) mass is 278 g/mol. The van der Waals surface area contributed by atoms with Crippen molar-refractivity contribution in [3.8, 4) is 0 Å². The molecule has 2 rings (SSSR count). The summed E-state index contributed by atoms with van der Waals surface area (Å²) in [6.45, 7) is 6.70. The number of aliphatic hydroxyl groups excluding tert-OH is 1. The van der Waals surface area contributed by atoms with Gasteiger partial charge in [-0.2, -0.15) is 0 Å². The van der Waals surface area contributed by atoms with Crippen LogP contribution in [-0.2, 0) is 0 Å². The molecule has 112 valence electrons. The van der Waals surface area contributed by atoms with Gasteiger partial charge < -0.3 is 21.1 Å². The van der Waals surface area contributed by atoms with E-state index in [9.17, 15) is 5.11 Å². The van der Waals surface area contributed by atoms with Crippen molar-refractivity contribution in [2.75, 3.05) is 6.61 Å². The first-order valence-corrected chi connectivity index (χ1v) is 7.45. The van der Waals surface area contributed by atoms with Crippen LogP contribution in [0.2, 0.25) is 0 Å². The lowest BCUT2D eigenvalue weighted by Gasteiger charge is -2.31. The van der Waals surface area contributed by atoms with Crippen molar-refractivity contribution >= 4 is 5.84 Å². The molecule has 0 aromatic carbocycles. The molecule has 2 unspecified atom stereocenters. The van der Waals surface area contributed by atoms with E-state index in [-0.39, 0.29) is 12.8 Å². The Morgan fingerprint density at radius 2 is 2.25 bits per heavy atom. The molecule has 3 atom stereocenters. The fourth-order valence-corrected chi connectivity index (χ4v) is 2.93. The smallest absolute Gasteiger partial charge is 0.149 e. The quantitative estimate of drug-likeness (QED) is 0.692. The largest absolute Gasteiger partial charge is 0.396 e. The molecule has 5 nitrogen and oxygen atoms in total. The molecule has 0 bridgehead atoms. The molecule has 0 fully saturated rings. The number of aliphatic imine (C=N–C) groups is 1. The SMILES string of the molecule is CC[C@@H](CO)CCC(C)C1NC(C)=C2C(N)=NC=CN21. The Morgan fingerprint density at radius 3 is 2.90 bits per heavy atom. The van der Waals surface area contributed by atoms with Gasteiger partial charge in [-0.15, -0.1) is 0 Å². The minimum absolute atomic E-state index is 0.228. The Kier molecular flexibility index (Phi) is 4.70. The number of aliphatic hydroxyl groups is 1. The van der Waals surface area contributed by atoms with Crippen LogP contribution in [0.1, 0.15) is 40.0 Å². The van der Waals surface area contributed by atoms with Gasteiger partial charge in [-0.1, -0.05) is 20.3 Å². The number of allylic oxidation sites excluding steroid dienone is 1. The minimum Gasteiger partial charge on any atom is -0.396 e. The van der Waals surface area contributed by atoms with Crippen molar-refractivity contribution < 1.29 is 5.11 Å². The number of amidine groups is 1. The zero-order valence-electron chi connectivity index (χ0n) is 12.6. The Morgan fingerprint density at radius 1 is 1.50 bits per heavy atom. The summed E-state index contributed by atoms with van der Waals surface area (Å²) in [4.78, 5) is 6.34. The molecular formula is C15H26N4O. The van der Waals surface area contributed by atoms with Gasteiger partial charge in [0.15, 0.2) is 0 Å². The van der Waals surface area contributed by atoms with Gasteiger partial charge in [0.2, 0.25) is 0 Å². The highest BCUT2D eigenvalue weighted by molar-refractivity contribution is 5.98. The normalized spacial score (nSPS) is 24.3. The predicted molar refractivity (Wildman–Crippen MR) is 81.5 cm³/mol. The molecule has 0 radical (unpaired) electrons. The third-order valence-corrected chi connectivity index (χ3v) is 4.37. The highest BCUT2D eigenvalue weighted by Crippen LogP contribution is 2.30. The van der Waals surface area contributed by atoms with Crippen LogP contribution in [0.25, 0.3) is 0 Å². The number of nitrogens with zero attached hydrogens (tertiary/aromatic N) is 2. The number of hydrogen-bond acceptors (Lipinski definition) is 5. The summed E-state index contributed by atoms with van der Waals surface area (Å²) < 4.78 is 0. The van der Waals surface area contributed by atoms with E-state index in [1.165, 1.54) is 0 Å². The van der Waals surface area contributed by atoms with Crippen LogP contribution >= 0.6 is 0 Å². The molecule has 0 aromatic heterocycles. The molecule has 0 aromatic rings. The van der Waals surface area contributed by atoms with E-state index in [2.05, 4.69) is 29.1 Å². The zero-order chi connectivity index (χ0) is 14.7. The lowest BCUT2D eigenvalue weighted by molar-refractivity contribution is 0.188. The van der Waals surface area contributed by atoms with Gasteiger partial charge in [0.05, 0.1) is 0 Å². The van der Waals surface area contributed by atoms with Crippen molar-refractivity contribution in [2.24, 2.45) is 22.6 Å². The fourth-order valence-electron chi connectivity index (χ4n) is 2.93. The van der Waals surface area contributed by atoms with Gasteiger partial charge in [-0.3, -0.25) is 0 Å². The molecule has 2 aliphatic rings. The molecular weight excluding hydrogens is 252 g/mol. The minimum atomic E-state index is 0.228. The first-order chi connectivity index (χ1) is 9.58. The van der Waals surface area contributed by atoms with Crippen LogP contribution in [0.4, 0.5) is 0 Å². The summed E-state index contributed by atoms with van der Waals surface area (Å²) in [5.74, 6) is 1.46. The summed E-state index contributed by atoms with van der Waals surface area (Å²) in [5, 5.41) is 12.8. The molecule has 2 heterocycles. The summed E-state index contributed by atoms with van der Waals surface area (Å²) in [7, 11) is 0. The van der Waals surface area contributed by atoms with Crippen LogP contribution in [0.3, 0.4) is 0 Å². The highest BCUT2D eigenvalue weighted by Gasteiger charge is 2.34. The van der Waals surface area contributed by atoms with E-state index >= 15 is 0 Å². The maximum atomic E-state index is 9.29. The fraction of sp³-hybridized carbons (Fsp3) is 0.667. The van der Waals surface area contributed by atoms with E-state index in [0.29, 0.717) is 17.7 Å². The summed E-state index contributed by atoms with van der Waals surface area (Å²) in [6.07, 6.45) is 7.14. The third kappa shape index (κ3) is 2.82. The van der Waals surface area contributed by atoms with Crippen LogP contribution in [0.15, 0.2) is 28.8 Å². The van der Waals surface area contributed by atoms with Crippen LogP contribution in [0, 0.1) is 11.8 Å². The average molecular weight is 278 g/mol. The second-order valence-corrected chi connectivity index (χ2v) is 5.79. The van der Waals surface area contributed by atoms with E-state index in [0.717, 1.165) is 30.7 Å². The number of nitrogens with two attached hydrogens (primary N) is 1. The number of nitrogens with one attached hydrogen (secondary N) is 1. The second kappa shape index (κ2) is 6.31. The maximum absolute atomic E-state index is 9.29. The molecule has 0 saturated heterocycles. The van der Waals surface area contributed by atoms with Crippen LogP contribution in [0.5, 0.6) is 0 Å². The predicted octanol–water partition coefficient (Wildman–Crippen LogP) is 1.73. The topological polar surface area (TPSA) is 73.9 Å². The van der Waals surface area contributed by atoms with E-state index in [1.807, 2.05) is 13.1 Å². The zero-order valence-corrected chi connectivity index (χ0v) is 12.6. The van der Waals surface area contributed by atoms with Gasteiger partial charge in [-0.25, -0.2) is 4.99 Å². The van der Waals surface area contributed by atoms with Gasteiger partial charge in [0, 0.05) is 24.7 Å². The standard InChI is InChI=1S/C15H26N4O/c1-4-12(9-20)6-5-10(2)15-18-11(3)13-14(16)17-7-8-19(13)15/h7-8,10,12,15,18,20H,4-6,9H2,1-3H3,(H2,16,17)/t10?,12-,15?/m1/s1. The summed E-state index contributed by atoms with van der Waals surface area (Å²) in [5.41, 5.74) is 8.05. The van der Waals surface area contributed by atoms with Crippen molar-refractivity contribution in [1.82, 2.24) is 10.2 Å². The van der Waals surface area contributed by atoms with Crippen molar-refractivity contribution in [3.05, 3.63) is 23.8 Å². The molecule has 0 amide bonds. The highest BCUT2D eigenvalue weighted by atomic mass is 16.3. The van der Waals surface area contributed by atoms with Gasteiger partial charge in [-0.05, 0) is 31.6 Å². The molecule has 0 aliphatic carbocycles. The molecule has 0 spiro atoms. The van der Waals surface area contributed by atoms with E-state index < -0.39 is 0 Å².